The zero-order chi connectivity index (χ0) is 14.5. The summed E-state index contributed by atoms with van der Waals surface area (Å²) in [6.45, 7) is -0.0909. The lowest BCUT2D eigenvalue weighted by molar-refractivity contribution is -0.144. The Labute approximate surface area is 107 Å². The van der Waals surface area contributed by atoms with Crippen LogP contribution in [0.3, 0.4) is 0 Å². The van der Waals surface area contributed by atoms with Gasteiger partial charge < -0.3 is 4.57 Å². The van der Waals surface area contributed by atoms with Gasteiger partial charge in [-0.05, 0) is 18.9 Å². The number of nitrogens with one attached hydrogen (secondary N) is 1. The Hall–Kier alpha value is -1.83. The maximum Gasteiger partial charge on any atom is 0.431 e. The van der Waals surface area contributed by atoms with Crippen molar-refractivity contribution in [2.45, 2.75) is 32.0 Å². The van der Waals surface area contributed by atoms with Gasteiger partial charge in [0.2, 0.25) is 5.91 Å². The van der Waals surface area contributed by atoms with Crippen LogP contribution in [0.15, 0.2) is 23.0 Å². The lowest BCUT2D eigenvalue weighted by Crippen LogP contribution is -2.30. The topological polar surface area (TPSA) is 77.1 Å². The smallest absolute Gasteiger partial charge is 0.304 e. The van der Waals surface area contributed by atoms with Gasteiger partial charge in [0.15, 0.2) is 0 Å². The summed E-state index contributed by atoms with van der Waals surface area (Å²) in [5.74, 6) is 4.48. The van der Waals surface area contributed by atoms with E-state index in [9.17, 15) is 22.8 Å². The van der Waals surface area contributed by atoms with E-state index in [0.29, 0.717) is 11.0 Å². The molecule has 0 fully saturated rings. The van der Waals surface area contributed by atoms with Crippen LogP contribution in [0, 0.1) is 0 Å². The van der Waals surface area contributed by atoms with Crippen LogP contribution in [0.25, 0.3) is 0 Å². The summed E-state index contributed by atoms with van der Waals surface area (Å²) >= 11 is 0. The van der Waals surface area contributed by atoms with E-state index < -0.39 is 23.3 Å². The molecule has 0 atom stereocenters. The SMILES string of the molecule is NNC(=O)CCCCn1c(C(F)(F)F)cccc1=O. The maximum absolute atomic E-state index is 12.7. The molecule has 0 aliphatic heterocycles. The van der Waals surface area contributed by atoms with E-state index in [0.717, 1.165) is 18.2 Å². The molecule has 0 radical (unpaired) electrons. The summed E-state index contributed by atoms with van der Waals surface area (Å²) in [7, 11) is 0. The summed E-state index contributed by atoms with van der Waals surface area (Å²) in [6, 6.07) is 3.00. The number of rotatable bonds is 5. The molecule has 0 bridgehead atoms. The number of alkyl halides is 3. The van der Waals surface area contributed by atoms with E-state index in [1.54, 1.807) is 0 Å². The average molecular weight is 277 g/mol. The number of hydrazine groups is 1. The number of nitrogens with two attached hydrogens (primary N) is 1. The molecule has 0 aromatic carbocycles. The van der Waals surface area contributed by atoms with Gasteiger partial charge in [0, 0.05) is 19.0 Å². The van der Waals surface area contributed by atoms with Crippen molar-refractivity contribution < 1.29 is 18.0 Å². The van der Waals surface area contributed by atoms with Crippen LogP contribution in [-0.2, 0) is 17.5 Å². The summed E-state index contributed by atoms with van der Waals surface area (Å²) < 4.78 is 38.7. The first-order chi connectivity index (χ1) is 8.86. The Bertz CT molecular complexity index is 497. The van der Waals surface area contributed by atoms with Gasteiger partial charge in [-0.3, -0.25) is 15.0 Å². The largest absolute Gasteiger partial charge is 0.431 e. The van der Waals surface area contributed by atoms with Gasteiger partial charge in [-0.15, -0.1) is 0 Å². The van der Waals surface area contributed by atoms with Gasteiger partial charge in [0.05, 0.1) is 0 Å². The predicted molar refractivity (Wildman–Crippen MR) is 61.9 cm³/mol. The lowest BCUT2D eigenvalue weighted by Gasteiger charge is -2.14. The van der Waals surface area contributed by atoms with E-state index in [4.69, 9.17) is 5.84 Å². The number of hydrogen-bond acceptors (Lipinski definition) is 3. The van der Waals surface area contributed by atoms with Crippen LogP contribution in [0.4, 0.5) is 13.2 Å². The highest BCUT2D eigenvalue weighted by Crippen LogP contribution is 2.28. The number of amides is 1. The second kappa shape index (κ2) is 6.37. The molecule has 1 aromatic heterocycles. The Morgan fingerprint density at radius 3 is 2.58 bits per heavy atom. The summed E-state index contributed by atoms with van der Waals surface area (Å²) in [4.78, 5) is 22.3. The first-order valence-corrected chi connectivity index (χ1v) is 5.62. The van der Waals surface area contributed by atoms with Crippen molar-refractivity contribution in [3.63, 3.8) is 0 Å². The van der Waals surface area contributed by atoms with Crippen molar-refractivity contribution in [2.75, 3.05) is 0 Å². The Balaban J connectivity index is 2.73. The quantitative estimate of drug-likeness (QED) is 0.365. The number of halogens is 3. The Morgan fingerprint density at radius 2 is 2.00 bits per heavy atom. The standard InChI is InChI=1S/C11H14F3N3O2/c12-11(13,14)8-4-3-6-10(19)17(8)7-2-1-5-9(18)16-15/h3-4,6H,1-2,5,7,15H2,(H,16,18). The van der Waals surface area contributed by atoms with Crippen LogP contribution >= 0.6 is 0 Å². The van der Waals surface area contributed by atoms with Crippen LogP contribution in [0.5, 0.6) is 0 Å². The van der Waals surface area contributed by atoms with Crippen LogP contribution in [0.1, 0.15) is 25.0 Å². The van der Waals surface area contributed by atoms with E-state index in [2.05, 4.69) is 0 Å². The number of pyridine rings is 1. The molecule has 0 saturated carbocycles. The normalized spacial score (nSPS) is 11.4. The minimum atomic E-state index is -4.57. The lowest BCUT2D eigenvalue weighted by atomic mass is 10.2. The molecule has 0 saturated heterocycles. The number of unbranched alkanes of at least 4 members (excludes halogenated alkanes) is 1. The molecule has 1 aromatic rings. The number of aromatic nitrogens is 1. The van der Waals surface area contributed by atoms with Crippen molar-refractivity contribution in [1.82, 2.24) is 9.99 Å². The van der Waals surface area contributed by atoms with Crippen molar-refractivity contribution in [3.05, 3.63) is 34.2 Å². The van der Waals surface area contributed by atoms with Crippen molar-refractivity contribution in [3.8, 4) is 0 Å². The van der Waals surface area contributed by atoms with Crippen molar-refractivity contribution in [2.24, 2.45) is 5.84 Å². The number of carbonyl (C=O) groups excluding carboxylic acids is 1. The third-order valence-corrected chi connectivity index (χ3v) is 2.54. The molecule has 8 heteroatoms. The summed E-state index contributed by atoms with van der Waals surface area (Å²) in [6.07, 6.45) is -3.84. The van der Waals surface area contributed by atoms with E-state index in [1.807, 2.05) is 5.43 Å². The zero-order valence-electron chi connectivity index (χ0n) is 10.0. The predicted octanol–water partition coefficient (Wildman–Crippen LogP) is 1.03. The Morgan fingerprint density at radius 1 is 1.32 bits per heavy atom. The molecule has 3 N–H and O–H groups in total. The van der Waals surface area contributed by atoms with Gasteiger partial charge in [0.1, 0.15) is 5.69 Å². The highest BCUT2D eigenvalue weighted by Gasteiger charge is 2.33. The van der Waals surface area contributed by atoms with E-state index >= 15 is 0 Å². The second-order valence-corrected chi connectivity index (χ2v) is 3.92. The highest BCUT2D eigenvalue weighted by atomic mass is 19.4. The van der Waals surface area contributed by atoms with E-state index in [1.165, 1.54) is 0 Å². The molecule has 106 valence electrons. The average Bonchev–Trinajstić information content (AvgIpc) is 2.34. The summed E-state index contributed by atoms with van der Waals surface area (Å²) in [5, 5.41) is 0. The summed E-state index contributed by atoms with van der Waals surface area (Å²) in [5.41, 5.74) is 0.230. The second-order valence-electron chi connectivity index (χ2n) is 3.92. The molecule has 0 aliphatic carbocycles. The fourth-order valence-corrected chi connectivity index (χ4v) is 1.63. The number of nitrogens with zero attached hydrogens (tertiary/aromatic N) is 1. The first-order valence-electron chi connectivity index (χ1n) is 5.62. The molecular weight excluding hydrogens is 263 g/mol. The molecule has 1 heterocycles. The van der Waals surface area contributed by atoms with Crippen LogP contribution in [-0.4, -0.2) is 10.5 Å². The molecule has 5 nitrogen and oxygen atoms in total. The van der Waals surface area contributed by atoms with Gasteiger partial charge in [-0.2, -0.15) is 13.2 Å². The zero-order valence-corrected chi connectivity index (χ0v) is 10.0. The van der Waals surface area contributed by atoms with E-state index in [-0.39, 0.29) is 19.4 Å². The van der Waals surface area contributed by atoms with Gasteiger partial charge in [0.25, 0.3) is 5.56 Å². The molecular formula is C11H14F3N3O2. The van der Waals surface area contributed by atoms with Crippen LogP contribution in [0.2, 0.25) is 0 Å². The fourth-order valence-electron chi connectivity index (χ4n) is 1.63. The molecule has 1 rings (SSSR count). The minimum absolute atomic E-state index is 0.0909. The van der Waals surface area contributed by atoms with Crippen LogP contribution < -0.4 is 16.8 Å². The third kappa shape index (κ3) is 4.40. The maximum atomic E-state index is 12.7. The van der Waals surface area contributed by atoms with Gasteiger partial charge >= 0.3 is 6.18 Å². The number of carbonyl (C=O) groups is 1. The monoisotopic (exact) mass is 277 g/mol. The molecule has 1 amide bonds. The van der Waals surface area contributed by atoms with Crippen molar-refractivity contribution in [1.29, 1.82) is 0 Å². The first kappa shape index (κ1) is 15.2. The highest BCUT2D eigenvalue weighted by molar-refractivity contribution is 5.74. The molecule has 0 spiro atoms. The number of hydrogen-bond donors (Lipinski definition) is 2. The van der Waals surface area contributed by atoms with Crippen molar-refractivity contribution >= 4 is 5.91 Å². The molecule has 0 unspecified atom stereocenters. The van der Waals surface area contributed by atoms with Gasteiger partial charge in [-0.1, -0.05) is 6.07 Å². The third-order valence-electron chi connectivity index (χ3n) is 2.54. The molecule has 19 heavy (non-hydrogen) atoms. The Kier molecular flexibility index (Phi) is 5.11. The van der Waals surface area contributed by atoms with Gasteiger partial charge in [-0.25, -0.2) is 5.84 Å². The minimum Gasteiger partial charge on any atom is -0.304 e. The molecule has 0 aliphatic rings. The fraction of sp³-hybridized carbons (Fsp3) is 0.455.